The van der Waals surface area contributed by atoms with Crippen LogP contribution < -0.4 is 5.73 Å². The van der Waals surface area contributed by atoms with E-state index in [1.807, 2.05) is 0 Å². The SMILES string of the molecule is CN1CCCC(CN)(Cc2ccccc2)CC1. The van der Waals surface area contributed by atoms with Gasteiger partial charge >= 0.3 is 0 Å². The lowest BCUT2D eigenvalue weighted by Crippen LogP contribution is -2.34. The van der Waals surface area contributed by atoms with Crippen LogP contribution in [0.5, 0.6) is 0 Å². The summed E-state index contributed by atoms with van der Waals surface area (Å²) >= 11 is 0. The van der Waals surface area contributed by atoms with Gasteiger partial charge in [-0.2, -0.15) is 0 Å². The van der Waals surface area contributed by atoms with Crippen LogP contribution in [0.3, 0.4) is 0 Å². The second-order valence-corrected chi connectivity index (χ2v) is 5.52. The van der Waals surface area contributed by atoms with Gasteiger partial charge in [0.15, 0.2) is 0 Å². The summed E-state index contributed by atoms with van der Waals surface area (Å²) in [5, 5.41) is 0. The van der Waals surface area contributed by atoms with Crippen molar-refractivity contribution < 1.29 is 0 Å². The predicted octanol–water partition coefficient (Wildman–Crippen LogP) is 2.29. The summed E-state index contributed by atoms with van der Waals surface area (Å²) in [6.45, 7) is 3.22. The molecule has 1 unspecified atom stereocenters. The van der Waals surface area contributed by atoms with Crippen molar-refractivity contribution in [3.05, 3.63) is 35.9 Å². The van der Waals surface area contributed by atoms with Crippen molar-refractivity contribution in [2.45, 2.75) is 25.7 Å². The topological polar surface area (TPSA) is 29.3 Å². The van der Waals surface area contributed by atoms with Crippen LogP contribution in [0.15, 0.2) is 30.3 Å². The number of likely N-dealkylation sites (tertiary alicyclic amines) is 1. The molecule has 0 spiro atoms. The third-order valence-corrected chi connectivity index (χ3v) is 4.13. The highest BCUT2D eigenvalue weighted by Gasteiger charge is 2.30. The number of nitrogens with two attached hydrogens (primary N) is 1. The Bertz CT molecular complexity index is 336. The largest absolute Gasteiger partial charge is 0.330 e. The van der Waals surface area contributed by atoms with Crippen LogP contribution in [-0.2, 0) is 6.42 Å². The molecule has 1 aliphatic rings. The third kappa shape index (κ3) is 3.30. The Balaban J connectivity index is 2.08. The fourth-order valence-corrected chi connectivity index (χ4v) is 2.87. The van der Waals surface area contributed by atoms with Gasteiger partial charge in [0.1, 0.15) is 0 Å². The Morgan fingerprint density at radius 2 is 1.94 bits per heavy atom. The van der Waals surface area contributed by atoms with Crippen LogP contribution in [0.2, 0.25) is 0 Å². The summed E-state index contributed by atoms with van der Waals surface area (Å²) in [6.07, 6.45) is 4.91. The second kappa shape index (κ2) is 5.65. The molecule has 0 saturated carbocycles. The van der Waals surface area contributed by atoms with Gasteiger partial charge in [-0.25, -0.2) is 0 Å². The molecule has 94 valence electrons. The summed E-state index contributed by atoms with van der Waals surface area (Å²) in [5.41, 5.74) is 7.84. The Kier molecular flexibility index (Phi) is 4.19. The molecule has 1 fully saturated rings. The molecule has 2 nitrogen and oxygen atoms in total. The van der Waals surface area contributed by atoms with Crippen LogP contribution >= 0.6 is 0 Å². The molecular weight excluding hydrogens is 208 g/mol. The van der Waals surface area contributed by atoms with E-state index in [0.717, 1.165) is 13.0 Å². The summed E-state index contributed by atoms with van der Waals surface area (Å²) in [6, 6.07) is 10.8. The van der Waals surface area contributed by atoms with Gasteiger partial charge < -0.3 is 10.6 Å². The molecule has 0 amide bonds. The fourth-order valence-electron chi connectivity index (χ4n) is 2.87. The summed E-state index contributed by atoms with van der Waals surface area (Å²) in [4.78, 5) is 2.43. The highest BCUT2D eigenvalue weighted by atomic mass is 15.1. The van der Waals surface area contributed by atoms with Gasteiger partial charge in [0.05, 0.1) is 0 Å². The minimum absolute atomic E-state index is 0.326. The van der Waals surface area contributed by atoms with E-state index in [-0.39, 0.29) is 0 Å². The molecular formula is C15H24N2. The van der Waals surface area contributed by atoms with Gasteiger partial charge in [0.25, 0.3) is 0 Å². The van der Waals surface area contributed by atoms with E-state index in [4.69, 9.17) is 5.73 Å². The van der Waals surface area contributed by atoms with Crippen LogP contribution in [0.4, 0.5) is 0 Å². The zero-order valence-corrected chi connectivity index (χ0v) is 10.9. The van der Waals surface area contributed by atoms with E-state index in [1.54, 1.807) is 0 Å². The van der Waals surface area contributed by atoms with Crippen molar-refractivity contribution in [1.29, 1.82) is 0 Å². The number of nitrogens with zero attached hydrogens (tertiary/aromatic N) is 1. The third-order valence-electron chi connectivity index (χ3n) is 4.13. The minimum Gasteiger partial charge on any atom is -0.330 e. The molecule has 0 aliphatic carbocycles. The Labute approximate surface area is 105 Å². The summed E-state index contributed by atoms with van der Waals surface area (Å²) in [7, 11) is 2.22. The molecule has 0 radical (unpaired) electrons. The standard InChI is InChI=1S/C15H24N2/c1-17-10-5-8-15(13-16,9-11-17)12-14-6-3-2-4-7-14/h2-4,6-7H,5,8-13,16H2,1H3. The van der Waals surface area contributed by atoms with Crippen molar-refractivity contribution in [2.75, 3.05) is 26.7 Å². The Morgan fingerprint density at radius 3 is 2.65 bits per heavy atom. The molecule has 1 saturated heterocycles. The first-order valence-electron chi connectivity index (χ1n) is 6.67. The molecule has 1 atom stereocenters. The molecule has 2 N–H and O–H groups in total. The molecule has 1 heterocycles. The minimum atomic E-state index is 0.326. The number of hydrogen-bond acceptors (Lipinski definition) is 2. The zero-order chi connectivity index (χ0) is 12.1. The van der Waals surface area contributed by atoms with Crippen molar-refractivity contribution in [3.63, 3.8) is 0 Å². The average molecular weight is 232 g/mol. The molecule has 1 aliphatic heterocycles. The fraction of sp³-hybridized carbons (Fsp3) is 0.600. The van der Waals surface area contributed by atoms with Gasteiger partial charge in [-0.15, -0.1) is 0 Å². The predicted molar refractivity (Wildman–Crippen MR) is 73.0 cm³/mol. The van der Waals surface area contributed by atoms with Gasteiger partial charge in [0, 0.05) is 0 Å². The second-order valence-electron chi connectivity index (χ2n) is 5.52. The lowest BCUT2D eigenvalue weighted by molar-refractivity contribution is 0.247. The average Bonchev–Trinajstić information content (AvgIpc) is 2.54. The van der Waals surface area contributed by atoms with E-state index in [1.165, 1.54) is 37.9 Å². The highest BCUT2D eigenvalue weighted by Crippen LogP contribution is 2.33. The maximum Gasteiger partial charge on any atom is -0.00159 e. The lowest BCUT2D eigenvalue weighted by atomic mass is 9.75. The van der Waals surface area contributed by atoms with Crippen molar-refractivity contribution in [2.24, 2.45) is 11.1 Å². The number of benzene rings is 1. The molecule has 0 bridgehead atoms. The molecule has 0 aromatic heterocycles. The first kappa shape index (κ1) is 12.6. The van der Waals surface area contributed by atoms with Gasteiger partial charge in [0.2, 0.25) is 0 Å². The molecule has 2 rings (SSSR count). The van der Waals surface area contributed by atoms with Crippen molar-refractivity contribution in [1.82, 2.24) is 4.90 Å². The van der Waals surface area contributed by atoms with E-state index in [0.29, 0.717) is 5.41 Å². The first-order valence-corrected chi connectivity index (χ1v) is 6.67. The molecule has 2 heteroatoms. The first-order chi connectivity index (χ1) is 8.24. The van der Waals surface area contributed by atoms with E-state index < -0.39 is 0 Å². The zero-order valence-electron chi connectivity index (χ0n) is 10.9. The normalized spacial score (nSPS) is 26.7. The van der Waals surface area contributed by atoms with Gasteiger partial charge in [-0.05, 0) is 63.3 Å². The quantitative estimate of drug-likeness (QED) is 0.866. The van der Waals surface area contributed by atoms with Crippen LogP contribution in [0, 0.1) is 5.41 Å². The number of rotatable bonds is 3. The summed E-state index contributed by atoms with van der Waals surface area (Å²) < 4.78 is 0. The van der Waals surface area contributed by atoms with Crippen LogP contribution in [-0.4, -0.2) is 31.6 Å². The summed E-state index contributed by atoms with van der Waals surface area (Å²) in [5.74, 6) is 0. The molecule has 1 aromatic carbocycles. The smallest absolute Gasteiger partial charge is 0.00159 e. The maximum atomic E-state index is 6.08. The highest BCUT2D eigenvalue weighted by molar-refractivity contribution is 5.17. The molecule has 17 heavy (non-hydrogen) atoms. The Morgan fingerprint density at radius 1 is 1.18 bits per heavy atom. The van der Waals surface area contributed by atoms with E-state index in [2.05, 4.69) is 42.3 Å². The monoisotopic (exact) mass is 232 g/mol. The Hall–Kier alpha value is -0.860. The lowest BCUT2D eigenvalue weighted by Gasteiger charge is -2.31. The van der Waals surface area contributed by atoms with Gasteiger partial charge in [-0.1, -0.05) is 30.3 Å². The van der Waals surface area contributed by atoms with E-state index in [9.17, 15) is 0 Å². The maximum absolute atomic E-state index is 6.08. The molecule has 1 aromatic rings. The van der Waals surface area contributed by atoms with Crippen molar-refractivity contribution in [3.8, 4) is 0 Å². The van der Waals surface area contributed by atoms with Gasteiger partial charge in [-0.3, -0.25) is 0 Å². The van der Waals surface area contributed by atoms with Crippen molar-refractivity contribution >= 4 is 0 Å². The van der Waals surface area contributed by atoms with E-state index >= 15 is 0 Å². The number of hydrogen-bond donors (Lipinski definition) is 1. The van der Waals surface area contributed by atoms with Crippen LogP contribution in [0.1, 0.15) is 24.8 Å². The van der Waals surface area contributed by atoms with Crippen LogP contribution in [0.25, 0.3) is 0 Å².